The minimum Gasteiger partial charge on any atom is -0.435 e. The van der Waals surface area contributed by atoms with Gasteiger partial charge in [-0.05, 0) is 31.2 Å². The zero-order valence-corrected chi connectivity index (χ0v) is 14.2. The summed E-state index contributed by atoms with van der Waals surface area (Å²) >= 11 is 1.35. The van der Waals surface area contributed by atoms with Crippen LogP contribution in [0, 0.1) is 6.92 Å². The number of amides is 1. The highest BCUT2D eigenvalue weighted by Gasteiger charge is 2.22. The lowest BCUT2D eigenvalue weighted by atomic mass is 10.1. The molecule has 1 atom stereocenters. The highest BCUT2D eigenvalue weighted by Crippen LogP contribution is 2.31. The summed E-state index contributed by atoms with van der Waals surface area (Å²) in [7, 11) is 0. The number of rotatable bonds is 5. The van der Waals surface area contributed by atoms with Gasteiger partial charge in [0.2, 0.25) is 5.91 Å². The van der Waals surface area contributed by atoms with Gasteiger partial charge in [-0.3, -0.25) is 4.79 Å². The molecule has 1 amide bonds. The van der Waals surface area contributed by atoms with Crippen LogP contribution in [0.1, 0.15) is 4.88 Å². The minimum atomic E-state index is -2.86. The van der Waals surface area contributed by atoms with E-state index in [1.807, 2.05) is 6.92 Å². The van der Waals surface area contributed by atoms with Crippen LogP contribution in [0.25, 0.3) is 11.3 Å². The van der Waals surface area contributed by atoms with Crippen molar-refractivity contribution < 1.29 is 23.0 Å². The van der Waals surface area contributed by atoms with Crippen molar-refractivity contribution in [2.45, 2.75) is 19.6 Å². The Hall–Kier alpha value is -2.10. The summed E-state index contributed by atoms with van der Waals surface area (Å²) < 4.78 is 34.0. The number of carbonyl (C=O) groups excluding carboxylic acids is 1. The van der Waals surface area contributed by atoms with Crippen LogP contribution in [0.5, 0.6) is 5.75 Å². The zero-order valence-electron chi connectivity index (χ0n) is 13.4. The van der Waals surface area contributed by atoms with Gasteiger partial charge in [-0.15, -0.1) is 11.3 Å². The molecular formula is C16H17F2N3O3S. The van der Waals surface area contributed by atoms with Crippen LogP contribution in [-0.4, -0.2) is 43.3 Å². The molecule has 0 bridgehead atoms. The van der Waals surface area contributed by atoms with E-state index in [1.54, 1.807) is 12.1 Å². The van der Waals surface area contributed by atoms with Gasteiger partial charge in [0.15, 0.2) is 5.13 Å². The number of nitrogens with zero attached hydrogens (tertiary/aromatic N) is 1. The van der Waals surface area contributed by atoms with Gasteiger partial charge in [0.05, 0.1) is 18.9 Å². The molecule has 0 radical (unpaired) electrons. The van der Waals surface area contributed by atoms with Crippen molar-refractivity contribution in [2.24, 2.45) is 0 Å². The quantitative estimate of drug-likeness (QED) is 0.848. The Balaban J connectivity index is 1.70. The number of thiazole rings is 1. The number of hydrogen-bond donors (Lipinski definition) is 2. The third kappa shape index (κ3) is 4.50. The Labute approximate surface area is 147 Å². The summed E-state index contributed by atoms with van der Waals surface area (Å²) in [4.78, 5) is 17.5. The third-order valence-electron chi connectivity index (χ3n) is 3.62. The van der Waals surface area contributed by atoms with Crippen LogP contribution in [0.15, 0.2) is 24.3 Å². The Morgan fingerprint density at radius 3 is 2.84 bits per heavy atom. The highest BCUT2D eigenvalue weighted by molar-refractivity contribution is 7.16. The zero-order chi connectivity index (χ0) is 17.8. The normalized spacial score (nSPS) is 17.5. The molecule has 0 saturated carbocycles. The summed E-state index contributed by atoms with van der Waals surface area (Å²) in [6.07, 6.45) is 0. The van der Waals surface area contributed by atoms with E-state index in [4.69, 9.17) is 4.74 Å². The first-order valence-corrected chi connectivity index (χ1v) is 8.49. The van der Waals surface area contributed by atoms with Crippen molar-refractivity contribution >= 4 is 22.4 Å². The first kappa shape index (κ1) is 17.7. The molecule has 2 aromatic rings. The monoisotopic (exact) mass is 369 g/mol. The fourth-order valence-corrected chi connectivity index (χ4v) is 3.28. The number of anilines is 1. The number of nitrogens with one attached hydrogen (secondary N) is 2. The predicted molar refractivity (Wildman–Crippen MR) is 90.2 cm³/mol. The number of hydrogen-bond acceptors (Lipinski definition) is 6. The first-order valence-electron chi connectivity index (χ1n) is 7.67. The molecule has 134 valence electrons. The number of aromatic nitrogens is 1. The summed E-state index contributed by atoms with van der Waals surface area (Å²) in [6, 6.07) is 5.83. The fraction of sp³-hybridized carbons (Fsp3) is 0.375. The lowest BCUT2D eigenvalue weighted by Gasteiger charge is -2.22. The van der Waals surface area contributed by atoms with E-state index in [9.17, 15) is 13.6 Å². The van der Waals surface area contributed by atoms with Gasteiger partial charge < -0.3 is 20.1 Å². The van der Waals surface area contributed by atoms with Crippen LogP contribution in [0.3, 0.4) is 0 Å². The predicted octanol–water partition coefficient (Wildman–Crippen LogP) is 2.65. The number of carbonyl (C=O) groups is 1. The summed E-state index contributed by atoms with van der Waals surface area (Å²) in [5.41, 5.74) is 1.45. The van der Waals surface area contributed by atoms with E-state index in [-0.39, 0.29) is 11.7 Å². The van der Waals surface area contributed by atoms with Crippen molar-refractivity contribution in [3.05, 3.63) is 29.1 Å². The lowest BCUT2D eigenvalue weighted by molar-refractivity contribution is -0.120. The molecule has 3 rings (SSSR count). The molecule has 1 aromatic heterocycles. The van der Waals surface area contributed by atoms with Crippen molar-refractivity contribution in [1.29, 1.82) is 0 Å². The topological polar surface area (TPSA) is 72.5 Å². The van der Waals surface area contributed by atoms with Crippen molar-refractivity contribution in [1.82, 2.24) is 10.3 Å². The molecule has 1 fully saturated rings. The average molecular weight is 369 g/mol. The number of ether oxygens (including phenoxy) is 2. The first-order chi connectivity index (χ1) is 12.0. The van der Waals surface area contributed by atoms with Gasteiger partial charge in [0.25, 0.3) is 0 Å². The van der Waals surface area contributed by atoms with Gasteiger partial charge in [0.1, 0.15) is 11.8 Å². The largest absolute Gasteiger partial charge is 0.435 e. The molecule has 25 heavy (non-hydrogen) atoms. The number of halogens is 2. The molecule has 1 aliphatic heterocycles. The second-order valence-corrected chi connectivity index (χ2v) is 6.60. The second kappa shape index (κ2) is 7.85. The average Bonchev–Trinajstić information content (AvgIpc) is 2.96. The number of morpholine rings is 1. The smallest absolute Gasteiger partial charge is 0.387 e. The SMILES string of the molecule is Cc1sc(NC(=O)C2COCCN2)nc1-c1ccc(OC(F)F)cc1. The molecule has 2 N–H and O–H groups in total. The summed E-state index contributed by atoms with van der Waals surface area (Å²) in [5, 5.41) is 6.34. The van der Waals surface area contributed by atoms with Gasteiger partial charge in [-0.1, -0.05) is 0 Å². The summed E-state index contributed by atoms with van der Waals surface area (Å²) in [6.45, 7) is 0.581. The maximum absolute atomic E-state index is 12.2. The van der Waals surface area contributed by atoms with E-state index in [2.05, 4.69) is 20.4 Å². The maximum atomic E-state index is 12.2. The molecule has 0 spiro atoms. The van der Waals surface area contributed by atoms with Crippen LogP contribution in [0.2, 0.25) is 0 Å². The van der Waals surface area contributed by atoms with E-state index in [0.29, 0.717) is 30.6 Å². The lowest BCUT2D eigenvalue weighted by Crippen LogP contribution is -2.48. The van der Waals surface area contributed by atoms with Crippen LogP contribution in [0.4, 0.5) is 13.9 Å². The molecule has 1 unspecified atom stereocenters. The Morgan fingerprint density at radius 2 is 2.20 bits per heavy atom. The molecule has 0 aliphatic carbocycles. The second-order valence-electron chi connectivity index (χ2n) is 5.40. The number of benzene rings is 1. The number of aryl methyl sites for hydroxylation is 1. The van der Waals surface area contributed by atoms with Gasteiger partial charge in [-0.25, -0.2) is 4.98 Å². The Bertz CT molecular complexity index is 731. The highest BCUT2D eigenvalue weighted by atomic mass is 32.1. The molecule has 1 aromatic carbocycles. The van der Waals surface area contributed by atoms with E-state index in [0.717, 1.165) is 10.4 Å². The van der Waals surface area contributed by atoms with Gasteiger partial charge >= 0.3 is 6.61 Å². The maximum Gasteiger partial charge on any atom is 0.387 e. The molecule has 1 saturated heterocycles. The van der Waals surface area contributed by atoms with E-state index < -0.39 is 12.7 Å². The Kier molecular flexibility index (Phi) is 5.57. The molecule has 9 heteroatoms. The molecular weight excluding hydrogens is 352 g/mol. The van der Waals surface area contributed by atoms with Crippen molar-refractivity contribution in [2.75, 3.05) is 25.1 Å². The van der Waals surface area contributed by atoms with Gasteiger partial charge in [0, 0.05) is 17.0 Å². The van der Waals surface area contributed by atoms with Crippen LogP contribution >= 0.6 is 11.3 Å². The van der Waals surface area contributed by atoms with Gasteiger partial charge in [-0.2, -0.15) is 8.78 Å². The van der Waals surface area contributed by atoms with Crippen molar-refractivity contribution in [3.8, 4) is 17.0 Å². The van der Waals surface area contributed by atoms with E-state index >= 15 is 0 Å². The molecule has 2 heterocycles. The Morgan fingerprint density at radius 1 is 1.44 bits per heavy atom. The standard InChI is InChI=1S/C16H17F2N3O3S/c1-9-13(10-2-4-11(5-3-10)24-15(17)18)20-16(25-9)21-14(22)12-8-23-7-6-19-12/h2-5,12,15,19H,6-8H2,1H3,(H,20,21,22). The fourth-order valence-electron chi connectivity index (χ4n) is 2.44. The number of alkyl halides is 2. The summed E-state index contributed by atoms with van der Waals surface area (Å²) in [5.74, 6) is -0.107. The van der Waals surface area contributed by atoms with Crippen molar-refractivity contribution in [3.63, 3.8) is 0 Å². The molecule has 6 nitrogen and oxygen atoms in total. The molecule has 1 aliphatic rings. The van der Waals surface area contributed by atoms with Crippen LogP contribution < -0.4 is 15.4 Å². The van der Waals surface area contributed by atoms with E-state index in [1.165, 1.54) is 23.5 Å². The minimum absolute atomic E-state index is 0.0866. The van der Waals surface area contributed by atoms with Crippen LogP contribution in [-0.2, 0) is 9.53 Å². The third-order valence-corrected chi connectivity index (χ3v) is 4.50.